The summed E-state index contributed by atoms with van der Waals surface area (Å²) in [6, 6.07) is 41.2. The van der Waals surface area contributed by atoms with Crippen molar-refractivity contribution in [3.05, 3.63) is 126 Å². The molecule has 0 fully saturated rings. The lowest BCUT2D eigenvalue weighted by atomic mass is 10.0. The van der Waals surface area contributed by atoms with E-state index in [-0.39, 0.29) is 0 Å². The molecule has 9 aromatic rings. The number of nitrogens with zero attached hydrogens (tertiary/aromatic N) is 3. The molecule has 6 heteroatoms. The van der Waals surface area contributed by atoms with E-state index in [4.69, 9.17) is 31.0 Å². The van der Waals surface area contributed by atoms with Crippen LogP contribution in [0.5, 0.6) is 0 Å². The van der Waals surface area contributed by atoms with Gasteiger partial charge in [-0.3, -0.25) is 0 Å². The monoisotopic (exact) mass is 589 g/mol. The molecule has 202 valence electrons. The second-order valence-electron chi connectivity index (χ2n) is 10.5. The molecule has 0 aliphatic carbocycles. The Morgan fingerprint density at radius 3 is 2.16 bits per heavy atom. The van der Waals surface area contributed by atoms with Crippen molar-refractivity contribution in [3.63, 3.8) is 0 Å². The van der Waals surface area contributed by atoms with Crippen LogP contribution in [0, 0.1) is 0 Å². The van der Waals surface area contributed by atoms with Crippen LogP contribution < -0.4 is 0 Å². The molecule has 0 aliphatic heterocycles. The molecule has 3 aromatic heterocycles. The third kappa shape index (κ3) is 3.86. The normalized spacial score (nSPS) is 11.8. The van der Waals surface area contributed by atoms with Gasteiger partial charge in [0.15, 0.2) is 23.1 Å². The Morgan fingerprint density at radius 2 is 1.28 bits per heavy atom. The van der Waals surface area contributed by atoms with Gasteiger partial charge in [-0.2, -0.15) is 0 Å². The second-order valence-corrected chi connectivity index (χ2v) is 12.0. The molecule has 9 rings (SSSR count). The zero-order valence-electron chi connectivity index (χ0n) is 22.6. The fraction of sp³-hybridized carbons (Fsp3) is 0. The molecular weight excluding hydrogens is 570 g/mol. The molecule has 0 spiro atoms. The van der Waals surface area contributed by atoms with Crippen LogP contribution in [-0.4, -0.2) is 15.0 Å². The first kappa shape index (κ1) is 24.5. The van der Waals surface area contributed by atoms with E-state index in [0.29, 0.717) is 28.1 Å². The molecule has 0 unspecified atom stereocenters. The van der Waals surface area contributed by atoms with Crippen LogP contribution in [-0.2, 0) is 0 Å². The minimum atomic E-state index is 0.516. The van der Waals surface area contributed by atoms with E-state index in [2.05, 4.69) is 66.7 Å². The predicted octanol–water partition coefficient (Wildman–Crippen LogP) is 10.9. The molecule has 0 amide bonds. The summed E-state index contributed by atoms with van der Waals surface area (Å²) in [4.78, 5) is 15.1. The van der Waals surface area contributed by atoms with Crippen LogP contribution in [0.25, 0.3) is 87.0 Å². The van der Waals surface area contributed by atoms with Crippen molar-refractivity contribution in [1.29, 1.82) is 0 Å². The van der Waals surface area contributed by atoms with E-state index >= 15 is 0 Å². The molecule has 4 nitrogen and oxygen atoms in total. The molecule has 0 saturated carbocycles. The Morgan fingerprint density at radius 1 is 0.558 bits per heavy atom. The number of benzene rings is 6. The largest absolute Gasteiger partial charge is 0.454 e. The molecule has 43 heavy (non-hydrogen) atoms. The Bertz CT molecular complexity index is 2530. The first-order valence-corrected chi connectivity index (χ1v) is 15.2. The van der Waals surface area contributed by atoms with Gasteiger partial charge in [0.05, 0.1) is 5.02 Å². The van der Waals surface area contributed by atoms with Gasteiger partial charge >= 0.3 is 0 Å². The quantitative estimate of drug-likeness (QED) is 0.206. The van der Waals surface area contributed by atoms with Gasteiger partial charge in [-0.1, -0.05) is 103 Å². The second kappa shape index (κ2) is 9.46. The van der Waals surface area contributed by atoms with E-state index in [1.54, 1.807) is 11.3 Å². The van der Waals surface area contributed by atoms with Crippen molar-refractivity contribution >= 4 is 75.8 Å². The van der Waals surface area contributed by atoms with Crippen molar-refractivity contribution in [1.82, 2.24) is 15.0 Å². The van der Waals surface area contributed by atoms with Gasteiger partial charge < -0.3 is 4.42 Å². The van der Waals surface area contributed by atoms with E-state index in [1.807, 2.05) is 54.6 Å². The van der Waals surface area contributed by atoms with Crippen molar-refractivity contribution in [2.24, 2.45) is 0 Å². The standard InChI is InChI=1S/C37H20ClN3OS/c38-29-20-23(19-28-32-24-12-5-4-9-21(24)17-18-30(32)42-33(28)29)36-39-35(22-10-2-1-3-11-22)40-37(41-36)27-15-8-14-26-25-13-6-7-16-31(25)43-34(26)27/h1-20H. The number of halogens is 1. The summed E-state index contributed by atoms with van der Waals surface area (Å²) in [5.41, 5.74) is 4.15. The maximum Gasteiger partial charge on any atom is 0.165 e. The highest BCUT2D eigenvalue weighted by atomic mass is 35.5. The number of rotatable bonds is 3. The van der Waals surface area contributed by atoms with Crippen molar-refractivity contribution in [2.45, 2.75) is 0 Å². The summed E-state index contributed by atoms with van der Waals surface area (Å²) in [5.74, 6) is 1.79. The van der Waals surface area contributed by atoms with Gasteiger partial charge in [-0.05, 0) is 41.1 Å². The van der Waals surface area contributed by atoms with Crippen molar-refractivity contribution in [3.8, 4) is 34.2 Å². The van der Waals surface area contributed by atoms with E-state index in [9.17, 15) is 0 Å². The van der Waals surface area contributed by atoms with Gasteiger partial charge in [0.1, 0.15) is 5.58 Å². The Labute approximate surface area is 254 Å². The first-order valence-electron chi connectivity index (χ1n) is 14.0. The van der Waals surface area contributed by atoms with Crippen LogP contribution in [0.15, 0.2) is 126 Å². The fourth-order valence-corrected chi connectivity index (χ4v) is 7.47. The molecule has 0 bridgehead atoms. The maximum absolute atomic E-state index is 6.91. The molecule has 0 saturated heterocycles. The van der Waals surface area contributed by atoms with Crippen molar-refractivity contribution < 1.29 is 4.42 Å². The third-order valence-corrected chi connectivity index (χ3v) is 9.49. The number of hydrogen-bond donors (Lipinski definition) is 0. The molecule has 3 heterocycles. The average Bonchev–Trinajstić information content (AvgIpc) is 3.64. The molecular formula is C37H20ClN3OS. The van der Waals surface area contributed by atoms with Gasteiger partial charge in [0.2, 0.25) is 0 Å². The maximum atomic E-state index is 6.91. The molecule has 0 aliphatic rings. The molecule has 0 radical (unpaired) electrons. The lowest BCUT2D eigenvalue weighted by Gasteiger charge is -2.09. The highest BCUT2D eigenvalue weighted by molar-refractivity contribution is 7.26. The van der Waals surface area contributed by atoms with Gasteiger partial charge in [-0.15, -0.1) is 11.3 Å². The minimum Gasteiger partial charge on any atom is -0.454 e. The smallest absolute Gasteiger partial charge is 0.165 e. The number of fused-ring (bicyclic) bond motifs is 8. The lowest BCUT2D eigenvalue weighted by Crippen LogP contribution is -2.00. The topological polar surface area (TPSA) is 51.8 Å². The Hall–Kier alpha value is -5.10. The van der Waals surface area contributed by atoms with Crippen LogP contribution >= 0.6 is 22.9 Å². The summed E-state index contributed by atoms with van der Waals surface area (Å²) in [6.45, 7) is 0. The Kier molecular flexibility index (Phi) is 5.39. The highest BCUT2D eigenvalue weighted by Gasteiger charge is 2.19. The van der Waals surface area contributed by atoms with Gasteiger partial charge in [-0.25, -0.2) is 15.0 Å². The van der Waals surface area contributed by atoms with Gasteiger partial charge in [0.25, 0.3) is 0 Å². The average molecular weight is 590 g/mol. The van der Waals surface area contributed by atoms with Crippen LogP contribution in [0.3, 0.4) is 0 Å². The first-order chi connectivity index (χ1) is 21.2. The zero-order chi connectivity index (χ0) is 28.5. The predicted molar refractivity (Wildman–Crippen MR) is 179 cm³/mol. The third-order valence-electron chi connectivity index (χ3n) is 7.99. The van der Waals surface area contributed by atoms with Gasteiger partial charge in [0, 0.05) is 47.6 Å². The van der Waals surface area contributed by atoms with E-state index in [0.717, 1.165) is 48.5 Å². The van der Waals surface area contributed by atoms with Crippen molar-refractivity contribution in [2.75, 3.05) is 0 Å². The minimum absolute atomic E-state index is 0.516. The van der Waals surface area contributed by atoms with E-state index < -0.39 is 0 Å². The number of hydrogen-bond acceptors (Lipinski definition) is 5. The number of thiophene rings is 1. The van der Waals surface area contributed by atoms with Crippen LogP contribution in [0.4, 0.5) is 0 Å². The lowest BCUT2D eigenvalue weighted by molar-refractivity contribution is 0.669. The molecule has 0 N–H and O–H groups in total. The molecule has 0 atom stereocenters. The van der Waals surface area contributed by atoms with E-state index in [1.165, 1.54) is 15.5 Å². The van der Waals surface area contributed by atoms with Crippen LogP contribution in [0.2, 0.25) is 5.02 Å². The highest BCUT2D eigenvalue weighted by Crippen LogP contribution is 2.42. The molecule has 6 aromatic carbocycles. The Balaban J connectivity index is 1.33. The summed E-state index contributed by atoms with van der Waals surface area (Å²) in [7, 11) is 0. The van der Waals surface area contributed by atoms with Crippen LogP contribution in [0.1, 0.15) is 0 Å². The number of aromatic nitrogens is 3. The summed E-state index contributed by atoms with van der Waals surface area (Å²) in [5, 5.41) is 7.17. The summed E-state index contributed by atoms with van der Waals surface area (Å²) < 4.78 is 8.65. The fourth-order valence-electron chi connectivity index (χ4n) is 6.00. The summed E-state index contributed by atoms with van der Waals surface area (Å²) >= 11 is 8.67. The summed E-state index contributed by atoms with van der Waals surface area (Å²) in [6.07, 6.45) is 0. The SMILES string of the molecule is Clc1cc(-c2nc(-c3ccccc3)nc(-c3cccc4c3sc3ccccc34)n2)cc2c1oc1ccc3ccccc3c12. The number of furan rings is 1. The zero-order valence-corrected chi connectivity index (χ0v) is 24.2.